The third-order valence-electron chi connectivity index (χ3n) is 17.3. The van der Waals surface area contributed by atoms with Crippen molar-refractivity contribution in [1.29, 1.82) is 0 Å². The minimum atomic E-state index is -0.294. The van der Waals surface area contributed by atoms with Crippen molar-refractivity contribution in [2.75, 3.05) is 103 Å². The number of hydrogen-bond acceptors (Lipinski definition) is 15. The van der Waals surface area contributed by atoms with Crippen LogP contribution in [0.15, 0.2) is 146 Å². The molecule has 15 nitrogen and oxygen atoms in total. The minimum Gasteiger partial charge on any atom is -0.497 e. The molecule has 0 fully saturated rings. The first kappa shape index (κ1) is 85.8. The van der Waals surface area contributed by atoms with Crippen molar-refractivity contribution >= 4 is 17.9 Å². The van der Waals surface area contributed by atoms with Crippen LogP contribution in [-0.2, 0) is 67.1 Å². The highest BCUT2D eigenvalue weighted by Crippen LogP contribution is 2.26. The SMILES string of the molecule is CCCCCCCC(=O)OC(COc1ccccc1CCc1ccc(OC)cc1)CN(C)C.CCCCCCCCC(=O)O[C@@H](COc1ccccc1CCc1ccc(OC)cc1)CN(C)C.CCCCCCCCC(=O)O[C@H](COc1ccccc1CCc1ccc(OC)cc1)CN(C)C. The molecule has 0 heterocycles. The quantitative estimate of drug-likeness (QED) is 0.0203. The number of unbranched alkanes of at least 4 members (excludes halogenated alkanes) is 14. The van der Waals surface area contributed by atoms with Crippen LogP contribution in [0.25, 0.3) is 0 Å². The highest BCUT2D eigenvalue weighted by molar-refractivity contribution is 5.70. The number of rotatable bonds is 50. The van der Waals surface area contributed by atoms with Crippen molar-refractivity contribution in [3.05, 3.63) is 179 Å². The minimum absolute atomic E-state index is 0.126. The van der Waals surface area contributed by atoms with Gasteiger partial charge >= 0.3 is 17.9 Å². The van der Waals surface area contributed by atoms with Gasteiger partial charge in [0.2, 0.25) is 0 Å². The number of esters is 3. The van der Waals surface area contributed by atoms with Crippen molar-refractivity contribution < 1.29 is 57.0 Å². The smallest absolute Gasteiger partial charge is 0.306 e. The van der Waals surface area contributed by atoms with Crippen LogP contribution < -0.4 is 28.4 Å². The highest BCUT2D eigenvalue weighted by atomic mass is 16.6. The van der Waals surface area contributed by atoms with Crippen LogP contribution in [-0.4, -0.2) is 154 Å². The van der Waals surface area contributed by atoms with Gasteiger partial charge in [-0.15, -0.1) is 0 Å². The summed E-state index contributed by atoms with van der Waals surface area (Å²) < 4.78 is 51.6. The van der Waals surface area contributed by atoms with Crippen LogP contribution in [0.3, 0.4) is 0 Å². The number of carbonyl (C=O) groups excluding carboxylic acids is 3. The van der Waals surface area contributed by atoms with Crippen LogP contribution >= 0.6 is 0 Å². The fourth-order valence-corrected chi connectivity index (χ4v) is 11.6. The molecule has 0 aromatic heterocycles. The second-order valence-electron chi connectivity index (χ2n) is 27.1. The van der Waals surface area contributed by atoms with E-state index < -0.39 is 0 Å². The number of benzene rings is 6. The largest absolute Gasteiger partial charge is 0.497 e. The Morgan fingerprint density at radius 2 is 0.545 bits per heavy atom. The van der Waals surface area contributed by atoms with Gasteiger partial charge in [-0.3, -0.25) is 14.4 Å². The zero-order valence-electron chi connectivity index (χ0n) is 64.0. The molecule has 3 atom stereocenters. The van der Waals surface area contributed by atoms with Gasteiger partial charge in [-0.25, -0.2) is 0 Å². The van der Waals surface area contributed by atoms with E-state index in [-0.39, 0.29) is 36.2 Å². The first-order valence-corrected chi connectivity index (χ1v) is 37.6. The van der Waals surface area contributed by atoms with Gasteiger partial charge in [0.25, 0.3) is 0 Å². The molecule has 0 radical (unpaired) electrons. The second kappa shape index (κ2) is 53.3. The zero-order chi connectivity index (χ0) is 73.1. The molecule has 0 spiro atoms. The highest BCUT2D eigenvalue weighted by Gasteiger charge is 2.21. The van der Waals surface area contributed by atoms with Gasteiger partial charge in [-0.1, -0.05) is 202 Å². The number of carbonyl (C=O) groups is 3. The first-order valence-electron chi connectivity index (χ1n) is 37.6. The van der Waals surface area contributed by atoms with E-state index in [0.717, 1.165) is 128 Å². The van der Waals surface area contributed by atoms with Crippen LogP contribution in [0.4, 0.5) is 0 Å². The Morgan fingerprint density at radius 1 is 0.307 bits per heavy atom. The third-order valence-corrected chi connectivity index (χ3v) is 17.3. The van der Waals surface area contributed by atoms with Crippen molar-refractivity contribution in [1.82, 2.24) is 14.7 Å². The summed E-state index contributed by atoms with van der Waals surface area (Å²) in [5, 5.41) is 0. The molecule has 0 bridgehead atoms. The number of likely N-dealkylation sites (N-methyl/N-ethyl adjacent to an activating group) is 3. The van der Waals surface area contributed by atoms with Gasteiger partial charge in [0.1, 0.15) is 72.6 Å². The molecule has 558 valence electrons. The van der Waals surface area contributed by atoms with Crippen molar-refractivity contribution in [2.24, 2.45) is 0 Å². The summed E-state index contributed by atoms with van der Waals surface area (Å²) in [7, 11) is 16.9. The van der Waals surface area contributed by atoms with Gasteiger partial charge in [-0.05, 0) is 188 Å². The van der Waals surface area contributed by atoms with Crippen LogP contribution in [0, 0.1) is 0 Å². The molecule has 6 aromatic rings. The van der Waals surface area contributed by atoms with Crippen LogP contribution in [0.5, 0.6) is 34.5 Å². The van der Waals surface area contributed by atoms with E-state index in [0.29, 0.717) is 58.7 Å². The number of aryl methyl sites for hydroxylation is 6. The number of methoxy groups -OCH3 is 3. The fourth-order valence-electron chi connectivity index (χ4n) is 11.6. The van der Waals surface area contributed by atoms with E-state index in [1.54, 1.807) is 21.3 Å². The maximum absolute atomic E-state index is 12.4. The third kappa shape index (κ3) is 39.4. The summed E-state index contributed by atoms with van der Waals surface area (Å²) in [6, 6.07) is 48.8. The number of hydrogen-bond donors (Lipinski definition) is 0. The monoisotopic (exact) mass is 1390 g/mol. The van der Waals surface area contributed by atoms with Crippen LogP contribution in [0.1, 0.15) is 183 Å². The van der Waals surface area contributed by atoms with E-state index in [9.17, 15) is 14.4 Å². The Balaban J connectivity index is 0.000000321. The van der Waals surface area contributed by atoms with E-state index >= 15 is 0 Å². The summed E-state index contributed by atoms with van der Waals surface area (Å²) in [5.74, 6) is 4.77. The molecule has 101 heavy (non-hydrogen) atoms. The maximum Gasteiger partial charge on any atom is 0.306 e. The molecule has 0 aliphatic heterocycles. The summed E-state index contributed by atoms with van der Waals surface area (Å²) in [6.45, 7) is 9.56. The summed E-state index contributed by atoms with van der Waals surface area (Å²) in [4.78, 5) is 43.2. The van der Waals surface area contributed by atoms with Crippen molar-refractivity contribution in [2.45, 2.75) is 206 Å². The lowest BCUT2D eigenvalue weighted by atomic mass is 10.0. The molecule has 6 rings (SSSR count). The predicted octanol–water partition coefficient (Wildman–Crippen LogP) is 17.9. The molecule has 1 unspecified atom stereocenters. The molecular weight excluding hydrogens is 1270 g/mol. The van der Waals surface area contributed by atoms with E-state index in [1.165, 1.54) is 87.3 Å². The average Bonchev–Trinajstić information content (AvgIpc) is 0.902. The van der Waals surface area contributed by atoms with Crippen molar-refractivity contribution in [3.63, 3.8) is 0 Å². The van der Waals surface area contributed by atoms with Crippen molar-refractivity contribution in [3.8, 4) is 34.5 Å². The van der Waals surface area contributed by atoms with Gasteiger partial charge in [0.15, 0.2) is 0 Å². The summed E-state index contributed by atoms with van der Waals surface area (Å²) in [6.07, 6.45) is 25.4. The molecule has 0 N–H and O–H groups in total. The first-order chi connectivity index (χ1) is 49.0. The number of ether oxygens (including phenoxy) is 9. The molecule has 0 saturated heterocycles. The average molecular weight is 1390 g/mol. The maximum atomic E-state index is 12.4. The Morgan fingerprint density at radius 3 is 0.782 bits per heavy atom. The molecule has 0 aliphatic carbocycles. The summed E-state index contributed by atoms with van der Waals surface area (Å²) in [5.41, 5.74) is 7.22. The van der Waals surface area contributed by atoms with Gasteiger partial charge < -0.3 is 57.3 Å². The molecular formula is C86H127N3O12. The molecule has 0 saturated carbocycles. The van der Waals surface area contributed by atoms with Gasteiger partial charge in [0, 0.05) is 38.9 Å². The van der Waals surface area contributed by atoms with E-state index in [4.69, 9.17) is 42.6 Å². The Kier molecular flexibility index (Phi) is 45.3. The lowest BCUT2D eigenvalue weighted by molar-refractivity contribution is -0.152. The predicted molar refractivity (Wildman–Crippen MR) is 412 cm³/mol. The lowest BCUT2D eigenvalue weighted by Crippen LogP contribution is -2.35. The lowest BCUT2D eigenvalue weighted by Gasteiger charge is -2.22. The van der Waals surface area contributed by atoms with Crippen LogP contribution in [0.2, 0.25) is 0 Å². The zero-order valence-corrected chi connectivity index (χ0v) is 64.0. The Bertz CT molecular complexity index is 2960. The number of para-hydroxylation sites is 3. The number of nitrogens with zero attached hydrogens (tertiary/aromatic N) is 3. The normalized spacial score (nSPS) is 11.9. The molecule has 0 amide bonds. The van der Waals surface area contributed by atoms with E-state index in [1.807, 2.05) is 148 Å². The second-order valence-corrected chi connectivity index (χ2v) is 27.1. The van der Waals surface area contributed by atoms with E-state index in [2.05, 4.69) is 75.4 Å². The van der Waals surface area contributed by atoms with Gasteiger partial charge in [0.05, 0.1) is 21.3 Å². The topological polar surface area (TPSA) is 144 Å². The fraction of sp³-hybridized carbons (Fsp3) is 0.547. The van der Waals surface area contributed by atoms with Gasteiger partial charge in [-0.2, -0.15) is 0 Å². The molecule has 15 heteroatoms. The standard InChI is InChI=1S/2C29H43NO4.C28H41NO4/c2*1-5-6-7-8-9-10-15-29(31)34-27(22-30(2)3)23-33-28-14-12-11-13-25(28)19-16-24-17-20-26(32-4)21-18-24;1-5-6-7-8-9-14-28(30)33-26(21-29(2)3)22-32-27-13-11-10-12-24(27)18-15-23-16-19-25(31-4)20-17-23/h2*11-14,17-18,20-21,27H,5-10,15-16,19,22-23H2,1-4H3;10-13,16-17,19-20,26H,5-9,14-15,18,21-22H2,1-4H3/t2*27-;/m10./s1. The molecule has 6 aromatic carbocycles. The Hall–Kier alpha value is -7.59. The molecule has 0 aliphatic rings. The Labute approximate surface area is 609 Å². The summed E-state index contributed by atoms with van der Waals surface area (Å²) >= 11 is 0.